The molecule has 3 rings (SSSR count). The Kier molecular flexibility index (Phi) is 3.70. The predicted octanol–water partition coefficient (Wildman–Crippen LogP) is 3.60. The van der Waals surface area contributed by atoms with E-state index in [0.29, 0.717) is 15.7 Å². The van der Waals surface area contributed by atoms with Crippen LogP contribution in [-0.4, -0.2) is 16.1 Å². The number of nitrogens with zero attached hydrogens (tertiary/aromatic N) is 2. The zero-order valence-corrected chi connectivity index (χ0v) is 11.6. The number of benzene rings is 2. The standard InChI is InChI=1S/C15H10FN3OS/c16-12-8-6-11(7-9-12)14-18-19-15(21-14)17-13(20)10-4-2-1-3-5-10/h1-9H,(H,17,19,20). The van der Waals surface area contributed by atoms with Crippen molar-refractivity contribution in [2.75, 3.05) is 5.32 Å². The summed E-state index contributed by atoms with van der Waals surface area (Å²) in [4.78, 5) is 12.0. The summed E-state index contributed by atoms with van der Waals surface area (Å²) in [5, 5.41) is 11.6. The highest BCUT2D eigenvalue weighted by Gasteiger charge is 2.10. The molecule has 1 heterocycles. The van der Waals surface area contributed by atoms with E-state index in [2.05, 4.69) is 15.5 Å². The fourth-order valence-corrected chi connectivity index (χ4v) is 2.49. The van der Waals surface area contributed by atoms with Gasteiger partial charge in [-0.2, -0.15) is 0 Å². The van der Waals surface area contributed by atoms with Crippen molar-refractivity contribution in [1.29, 1.82) is 0 Å². The van der Waals surface area contributed by atoms with E-state index in [9.17, 15) is 9.18 Å². The van der Waals surface area contributed by atoms with Crippen molar-refractivity contribution in [3.05, 3.63) is 66.0 Å². The van der Waals surface area contributed by atoms with Crippen LogP contribution in [-0.2, 0) is 0 Å². The van der Waals surface area contributed by atoms with Crippen LogP contribution in [0.25, 0.3) is 10.6 Å². The molecule has 4 nitrogen and oxygen atoms in total. The third-order valence-electron chi connectivity index (χ3n) is 2.77. The number of aromatic nitrogens is 2. The van der Waals surface area contributed by atoms with Gasteiger partial charge in [-0.1, -0.05) is 29.5 Å². The van der Waals surface area contributed by atoms with Crippen LogP contribution in [0.1, 0.15) is 10.4 Å². The van der Waals surface area contributed by atoms with E-state index in [4.69, 9.17) is 0 Å². The summed E-state index contributed by atoms with van der Waals surface area (Å²) >= 11 is 1.24. The number of carbonyl (C=O) groups is 1. The quantitative estimate of drug-likeness (QED) is 0.804. The van der Waals surface area contributed by atoms with Crippen molar-refractivity contribution in [1.82, 2.24) is 10.2 Å². The number of amides is 1. The van der Waals surface area contributed by atoms with E-state index in [1.807, 2.05) is 6.07 Å². The lowest BCUT2D eigenvalue weighted by molar-refractivity contribution is 0.102. The van der Waals surface area contributed by atoms with Crippen LogP contribution in [0.15, 0.2) is 54.6 Å². The fourth-order valence-electron chi connectivity index (χ4n) is 1.74. The van der Waals surface area contributed by atoms with Gasteiger partial charge in [0.2, 0.25) is 5.13 Å². The van der Waals surface area contributed by atoms with Gasteiger partial charge in [-0.3, -0.25) is 10.1 Å². The molecule has 1 amide bonds. The molecule has 3 aromatic rings. The van der Waals surface area contributed by atoms with E-state index in [1.54, 1.807) is 36.4 Å². The van der Waals surface area contributed by atoms with Crippen LogP contribution in [0.3, 0.4) is 0 Å². The second kappa shape index (κ2) is 5.80. The van der Waals surface area contributed by atoms with Gasteiger partial charge in [-0.15, -0.1) is 10.2 Å². The molecule has 0 fully saturated rings. The van der Waals surface area contributed by atoms with Crippen molar-refractivity contribution in [2.45, 2.75) is 0 Å². The average Bonchev–Trinajstić information content (AvgIpc) is 2.97. The van der Waals surface area contributed by atoms with Crippen LogP contribution in [0.5, 0.6) is 0 Å². The normalized spacial score (nSPS) is 10.3. The highest BCUT2D eigenvalue weighted by atomic mass is 32.1. The molecule has 6 heteroatoms. The zero-order chi connectivity index (χ0) is 14.7. The lowest BCUT2D eigenvalue weighted by atomic mass is 10.2. The predicted molar refractivity (Wildman–Crippen MR) is 79.7 cm³/mol. The first-order chi connectivity index (χ1) is 10.2. The molecule has 0 aliphatic carbocycles. The number of nitrogens with one attached hydrogen (secondary N) is 1. The van der Waals surface area contributed by atoms with E-state index in [-0.39, 0.29) is 11.7 Å². The molecule has 1 aromatic heterocycles. The highest BCUT2D eigenvalue weighted by Crippen LogP contribution is 2.26. The number of hydrogen-bond acceptors (Lipinski definition) is 4. The summed E-state index contributed by atoms with van der Waals surface area (Å²) in [7, 11) is 0. The van der Waals surface area contributed by atoms with Gasteiger partial charge in [0.15, 0.2) is 0 Å². The second-order valence-corrected chi connectivity index (χ2v) is 5.22. The van der Waals surface area contributed by atoms with Gasteiger partial charge >= 0.3 is 0 Å². The maximum absolute atomic E-state index is 12.9. The Morgan fingerprint density at radius 3 is 2.43 bits per heavy atom. The van der Waals surface area contributed by atoms with Crippen molar-refractivity contribution >= 4 is 22.4 Å². The smallest absolute Gasteiger partial charge is 0.257 e. The Morgan fingerprint density at radius 2 is 1.71 bits per heavy atom. The van der Waals surface area contributed by atoms with E-state index in [1.165, 1.54) is 23.5 Å². The van der Waals surface area contributed by atoms with Crippen LogP contribution in [0.2, 0.25) is 0 Å². The van der Waals surface area contributed by atoms with Gasteiger partial charge < -0.3 is 0 Å². The number of hydrogen-bond donors (Lipinski definition) is 1. The molecule has 0 unspecified atom stereocenters. The third kappa shape index (κ3) is 3.11. The first kappa shape index (κ1) is 13.4. The van der Waals surface area contributed by atoms with Gasteiger partial charge in [-0.25, -0.2) is 4.39 Å². The summed E-state index contributed by atoms with van der Waals surface area (Å²) in [6.07, 6.45) is 0. The minimum absolute atomic E-state index is 0.239. The first-order valence-electron chi connectivity index (χ1n) is 6.18. The second-order valence-electron chi connectivity index (χ2n) is 4.24. The lowest BCUT2D eigenvalue weighted by Gasteiger charge is -1.99. The molecule has 104 valence electrons. The summed E-state index contributed by atoms with van der Waals surface area (Å²) in [5.74, 6) is -0.543. The maximum atomic E-state index is 12.9. The Balaban J connectivity index is 1.76. The van der Waals surface area contributed by atoms with E-state index in [0.717, 1.165) is 5.56 Å². The van der Waals surface area contributed by atoms with Gasteiger partial charge in [0.1, 0.15) is 10.8 Å². The van der Waals surface area contributed by atoms with E-state index >= 15 is 0 Å². The van der Waals surface area contributed by atoms with Gasteiger partial charge in [0, 0.05) is 11.1 Å². The molecule has 0 spiro atoms. The summed E-state index contributed by atoms with van der Waals surface area (Å²) in [5.41, 5.74) is 1.31. The monoisotopic (exact) mass is 299 g/mol. The van der Waals surface area contributed by atoms with E-state index < -0.39 is 0 Å². The van der Waals surface area contributed by atoms with Gasteiger partial charge in [-0.05, 0) is 36.4 Å². The van der Waals surface area contributed by atoms with Crippen LogP contribution in [0, 0.1) is 5.82 Å². The fraction of sp³-hybridized carbons (Fsp3) is 0. The molecule has 2 aromatic carbocycles. The van der Waals surface area contributed by atoms with Crippen LogP contribution < -0.4 is 5.32 Å². The third-order valence-corrected chi connectivity index (χ3v) is 3.66. The average molecular weight is 299 g/mol. The molecule has 0 saturated heterocycles. The zero-order valence-electron chi connectivity index (χ0n) is 10.8. The van der Waals surface area contributed by atoms with Crippen molar-refractivity contribution in [3.8, 4) is 10.6 Å². The molecule has 1 N–H and O–H groups in total. The molecule has 0 radical (unpaired) electrons. The van der Waals surface area contributed by atoms with Crippen LogP contribution in [0.4, 0.5) is 9.52 Å². The Hall–Kier alpha value is -2.60. The number of halogens is 1. The molecule has 0 saturated carbocycles. The molecular formula is C15H10FN3OS. The topological polar surface area (TPSA) is 54.9 Å². The highest BCUT2D eigenvalue weighted by molar-refractivity contribution is 7.18. The summed E-state index contributed by atoms with van der Waals surface area (Å²) in [6.45, 7) is 0. The Morgan fingerprint density at radius 1 is 1.00 bits per heavy atom. The molecule has 0 aliphatic heterocycles. The minimum atomic E-state index is -0.305. The Bertz CT molecular complexity index is 756. The molecule has 0 aliphatic rings. The number of anilines is 1. The maximum Gasteiger partial charge on any atom is 0.257 e. The largest absolute Gasteiger partial charge is 0.296 e. The lowest BCUT2D eigenvalue weighted by Crippen LogP contribution is -2.11. The molecule has 0 atom stereocenters. The first-order valence-corrected chi connectivity index (χ1v) is 7.00. The van der Waals surface area contributed by atoms with Crippen molar-refractivity contribution in [3.63, 3.8) is 0 Å². The summed E-state index contributed by atoms with van der Waals surface area (Å²) in [6, 6.07) is 14.8. The Labute approximate surface area is 124 Å². The van der Waals surface area contributed by atoms with Gasteiger partial charge in [0.05, 0.1) is 0 Å². The van der Waals surface area contributed by atoms with Crippen LogP contribution >= 0.6 is 11.3 Å². The minimum Gasteiger partial charge on any atom is -0.296 e. The van der Waals surface area contributed by atoms with Gasteiger partial charge in [0.25, 0.3) is 5.91 Å². The van der Waals surface area contributed by atoms with Crippen molar-refractivity contribution < 1.29 is 9.18 Å². The SMILES string of the molecule is O=C(Nc1nnc(-c2ccc(F)cc2)s1)c1ccccc1. The molecule has 0 bridgehead atoms. The number of carbonyl (C=O) groups excluding carboxylic acids is 1. The molecule has 21 heavy (non-hydrogen) atoms. The molecular weight excluding hydrogens is 289 g/mol. The number of rotatable bonds is 3. The summed E-state index contributed by atoms with van der Waals surface area (Å²) < 4.78 is 12.9. The van der Waals surface area contributed by atoms with Crippen molar-refractivity contribution in [2.24, 2.45) is 0 Å².